The number of rotatable bonds is 8. The molecule has 0 saturated carbocycles. The molecule has 4 nitrogen and oxygen atoms in total. The summed E-state index contributed by atoms with van der Waals surface area (Å²) in [6.45, 7) is 2.28. The lowest BCUT2D eigenvalue weighted by Crippen LogP contribution is -2.28. The minimum absolute atomic E-state index is 0.0752. The fraction of sp³-hybridized carbons (Fsp3) is 0.300. The van der Waals surface area contributed by atoms with Gasteiger partial charge in [0.25, 0.3) is 5.91 Å². The first kappa shape index (κ1) is 19.1. The van der Waals surface area contributed by atoms with Crippen LogP contribution in [0.3, 0.4) is 0 Å². The lowest BCUT2D eigenvalue weighted by Gasteiger charge is -2.19. The topological polar surface area (TPSA) is 57.6 Å². The van der Waals surface area contributed by atoms with Crippen molar-refractivity contribution in [2.75, 3.05) is 13.6 Å². The van der Waals surface area contributed by atoms with Gasteiger partial charge in [0.2, 0.25) is 0 Å². The van der Waals surface area contributed by atoms with E-state index in [0.29, 0.717) is 17.0 Å². The number of carbonyl (C=O) groups excluding carboxylic acids is 1. The van der Waals surface area contributed by atoms with Crippen molar-refractivity contribution in [3.8, 4) is 0 Å². The smallest absolute Gasteiger partial charge is 0.316 e. The van der Waals surface area contributed by atoms with Crippen LogP contribution < -0.4 is 0 Å². The Morgan fingerprint density at radius 2 is 1.72 bits per heavy atom. The van der Waals surface area contributed by atoms with E-state index < -0.39 is 11.2 Å². The van der Waals surface area contributed by atoms with E-state index in [0.717, 1.165) is 12.8 Å². The molecule has 5 heteroatoms. The van der Waals surface area contributed by atoms with Crippen LogP contribution in [0.25, 0.3) is 0 Å². The van der Waals surface area contributed by atoms with Crippen molar-refractivity contribution in [2.45, 2.75) is 29.9 Å². The van der Waals surface area contributed by atoms with Gasteiger partial charge in [0, 0.05) is 18.5 Å². The van der Waals surface area contributed by atoms with Gasteiger partial charge in [-0.1, -0.05) is 42.5 Å². The Hall–Kier alpha value is -2.27. The van der Waals surface area contributed by atoms with Gasteiger partial charge >= 0.3 is 5.97 Å². The summed E-state index contributed by atoms with van der Waals surface area (Å²) in [6, 6.07) is 17.4. The standard InChI is InChI=1S/C20H23NO3S/c1-15(20(23)24)25-18-13-7-6-12-17(18)19(22)21(2)14-8-11-16-9-4-3-5-10-16/h3-7,9-10,12-13,15H,8,11,14H2,1-2H3,(H,23,24). The Bertz CT molecular complexity index is 718. The first-order valence-electron chi connectivity index (χ1n) is 8.27. The van der Waals surface area contributed by atoms with E-state index in [9.17, 15) is 9.59 Å². The number of hydrogen-bond donors (Lipinski definition) is 1. The number of aliphatic carboxylic acids is 1. The van der Waals surface area contributed by atoms with Crippen LogP contribution >= 0.6 is 11.8 Å². The molecule has 0 aromatic heterocycles. The van der Waals surface area contributed by atoms with Gasteiger partial charge in [-0.3, -0.25) is 9.59 Å². The number of hydrogen-bond acceptors (Lipinski definition) is 3. The third kappa shape index (κ3) is 5.64. The number of carboxylic acids is 1. The highest BCUT2D eigenvalue weighted by molar-refractivity contribution is 8.00. The molecule has 1 atom stereocenters. The second kappa shape index (κ2) is 9.28. The number of benzene rings is 2. The molecular weight excluding hydrogens is 334 g/mol. The molecule has 1 amide bonds. The highest BCUT2D eigenvalue weighted by atomic mass is 32.2. The molecular formula is C20H23NO3S. The Kier molecular flexibility index (Phi) is 7.07. The number of carboxylic acid groups (broad SMARTS) is 1. The zero-order chi connectivity index (χ0) is 18.2. The zero-order valence-corrected chi connectivity index (χ0v) is 15.3. The molecule has 25 heavy (non-hydrogen) atoms. The summed E-state index contributed by atoms with van der Waals surface area (Å²) in [5, 5.41) is 8.49. The summed E-state index contributed by atoms with van der Waals surface area (Å²) >= 11 is 1.20. The van der Waals surface area contributed by atoms with Crippen molar-refractivity contribution in [3.05, 3.63) is 65.7 Å². The van der Waals surface area contributed by atoms with Crippen LogP contribution in [0.1, 0.15) is 29.3 Å². The fourth-order valence-electron chi connectivity index (χ4n) is 2.46. The molecule has 0 fully saturated rings. The second-order valence-electron chi connectivity index (χ2n) is 5.91. The number of thioether (sulfide) groups is 1. The molecule has 2 rings (SSSR count). The predicted octanol–water partition coefficient (Wildman–Crippen LogP) is 3.96. The quantitative estimate of drug-likeness (QED) is 0.727. The lowest BCUT2D eigenvalue weighted by atomic mass is 10.1. The Balaban J connectivity index is 1.98. The summed E-state index contributed by atoms with van der Waals surface area (Å²) in [5.41, 5.74) is 1.82. The maximum atomic E-state index is 12.7. The van der Waals surface area contributed by atoms with Gasteiger partial charge in [0.15, 0.2) is 0 Å². The van der Waals surface area contributed by atoms with Gasteiger partial charge in [-0.05, 0) is 37.5 Å². The van der Waals surface area contributed by atoms with E-state index in [1.807, 2.05) is 24.3 Å². The van der Waals surface area contributed by atoms with E-state index >= 15 is 0 Å². The molecule has 0 aliphatic heterocycles. The summed E-state index contributed by atoms with van der Waals surface area (Å²) in [7, 11) is 1.79. The van der Waals surface area contributed by atoms with Crippen LogP contribution in [0.4, 0.5) is 0 Å². The minimum atomic E-state index is -0.886. The molecule has 0 radical (unpaired) electrons. The van der Waals surface area contributed by atoms with Gasteiger partial charge in [0.1, 0.15) is 5.25 Å². The predicted molar refractivity (Wildman–Crippen MR) is 101 cm³/mol. The Morgan fingerprint density at radius 1 is 1.08 bits per heavy atom. The van der Waals surface area contributed by atoms with E-state index in [1.165, 1.54) is 17.3 Å². The van der Waals surface area contributed by atoms with Gasteiger partial charge in [0.05, 0.1) is 5.56 Å². The largest absolute Gasteiger partial charge is 0.480 e. The number of carbonyl (C=O) groups is 2. The van der Waals surface area contributed by atoms with Gasteiger partial charge in [-0.15, -0.1) is 11.8 Å². The molecule has 0 bridgehead atoms. The molecule has 0 saturated heterocycles. The number of aryl methyl sites for hydroxylation is 1. The van der Waals surface area contributed by atoms with Crippen molar-refractivity contribution < 1.29 is 14.7 Å². The Morgan fingerprint density at radius 3 is 2.40 bits per heavy atom. The molecule has 0 heterocycles. The van der Waals surface area contributed by atoms with Crippen molar-refractivity contribution in [2.24, 2.45) is 0 Å². The van der Waals surface area contributed by atoms with Crippen LogP contribution in [-0.2, 0) is 11.2 Å². The molecule has 0 aliphatic rings. The minimum Gasteiger partial charge on any atom is -0.480 e. The zero-order valence-electron chi connectivity index (χ0n) is 14.5. The van der Waals surface area contributed by atoms with E-state index in [2.05, 4.69) is 12.1 Å². The number of nitrogens with zero attached hydrogens (tertiary/aromatic N) is 1. The van der Waals surface area contributed by atoms with Crippen molar-refractivity contribution >= 4 is 23.6 Å². The molecule has 132 valence electrons. The van der Waals surface area contributed by atoms with E-state index in [-0.39, 0.29) is 5.91 Å². The SMILES string of the molecule is CC(Sc1ccccc1C(=O)N(C)CCCc1ccccc1)C(=O)O. The molecule has 2 aromatic carbocycles. The molecule has 0 spiro atoms. The monoisotopic (exact) mass is 357 g/mol. The highest BCUT2D eigenvalue weighted by Gasteiger charge is 2.19. The average Bonchev–Trinajstić information content (AvgIpc) is 2.62. The highest BCUT2D eigenvalue weighted by Crippen LogP contribution is 2.27. The molecule has 1 N–H and O–H groups in total. The van der Waals surface area contributed by atoms with Crippen molar-refractivity contribution in [1.82, 2.24) is 4.90 Å². The van der Waals surface area contributed by atoms with Crippen LogP contribution in [0, 0.1) is 0 Å². The normalized spacial score (nSPS) is 11.8. The summed E-state index contributed by atoms with van der Waals surface area (Å²) < 4.78 is 0. The maximum absolute atomic E-state index is 12.7. The van der Waals surface area contributed by atoms with E-state index in [1.54, 1.807) is 37.1 Å². The van der Waals surface area contributed by atoms with Crippen LogP contribution in [0.2, 0.25) is 0 Å². The molecule has 2 aromatic rings. The van der Waals surface area contributed by atoms with Crippen molar-refractivity contribution in [3.63, 3.8) is 0 Å². The summed E-state index contributed by atoms with van der Waals surface area (Å²) in [5.74, 6) is -0.961. The van der Waals surface area contributed by atoms with Gasteiger partial charge in [-0.25, -0.2) is 0 Å². The lowest BCUT2D eigenvalue weighted by molar-refractivity contribution is -0.136. The molecule has 1 unspecified atom stereocenters. The van der Waals surface area contributed by atoms with Gasteiger partial charge in [-0.2, -0.15) is 0 Å². The third-order valence-corrected chi connectivity index (χ3v) is 5.08. The van der Waals surface area contributed by atoms with Crippen LogP contribution in [-0.4, -0.2) is 40.7 Å². The van der Waals surface area contributed by atoms with Crippen molar-refractivity contribution in [1.29, 1.82) is 0 Å². The first-order chi connectivity index (χ1) is 12.0. The summed E-state index contributed by atoms with van der Waals surface area (Å²) in [4.78, 5) is 26.2. The van der Waals surface area contributed by atoms with Crippen LogP contribution in [0.15, 0.2) is 59.5 Å². The average molecular weight is 357 g/mol. The summed E-state index contributed by atoms with van der Waals surface area (Å²) in [6.07, 6.45) is 1.80. The first-order valence-corrected chi connectivity index (χ1v) is 9.15. The molecule has 0 aliphatic carbocycles. The van der Waals surface area contributed by atoms with Crippen LogP contribution in [0.5, 0.6) is 0 Å². The Labute approximate surface area is 152 Å². The fourth-order valence-corrected chi connectivity index (χ4v) is 3.38. The van der Waals surface area contributed by atoms with Gasteiger partial charge < -0.3 is 10.0 Å². The van der Waals surface area contributed by atoms with E-state index in [4.69, 9.17) is 5.11 Å². The number of amides is 1. The third-order valence-electron chi connectivity index (χ3n) is 3.92. The maximum Gasteiger partial charge on any atom is 0.316 e. The second-order valence-corrected chi connectivity index (χ2v) is 7.29.